The number of thioether (sulfide) groups is 1. The van der Waals surface area contributed by atoms with Crippen molar-refractivity contribution in [3.05, 3.63) is 29.7 Å². The van der Waals surface area contributed by atoms with Crippen LogP contribution in [0.5, 0.6) is 0 Å². The molecule has 1 aliphatic rings. The van der Waals surface area contributed by atoms with Crippen LogP contribution in [-0.4, -0.2) is 65.9 Å². The largest absolute Gasteiger partial charge is 0.461 e. The van der Waals surface area contributed by atoms with Gasteiger partial charge in [0, 0.05) is 13.1 Å². The predicted molar refractivity (Wildman–Crippen MR) is 93.9 cm³/mol. The van der Waals surface area contributed by atoms with Crippen molar-refractivity contribution < 1.29 is 23.5 Å². The van der Waals surface area contributed by atoms with E-state index in [0.717, 1.165) is 0 Å². The first-order valence-corrected chi connectivity index (χ1v) is 9.31. The van der Waals surface area contributed by atoms with Crippen LogP contribution in [0, 0.1) is 6.92 Å². The van der Waals surface area contributed by atoms with E-state index in [1.807, 2.05) is 6.26 Å². The smallest absolute Gasteiger partial charge is 0.343 e. The summed E-state index contributed by atoms with van der Waals surface area (Å²) in [5, 5.41) is 0.479. The maximum absolute atomic E-state index is 12.5. The van der Waals surface area contributed by atoms with Crippen LogP contribution in [0.3, 0.4) is 0 Å². The lowest BCUT2D eigenvalue weighted by Crippen LogP contribution is -2.42. The molecule has 3 rings (SSSR count). The summed E-state index contributed by atoms with van der Waals surface area (Å²) in [5.74, 6) is 0.0705. The zero-order valence-corrected chi connectivity index (χ0v) is 15.4. The van der Waals surface area contributed by atoms with E-state index >= 15 is 0 Å². The Labute approximate surface area is 154 Å². The number of furan rings is 1. The van der Waals surface area contributed by atoms with Crippen molar-refractivity contribution in [2.24, 2.45) is 0 Å². The average Bonchev–Trinajstić information content (AvgIpc) is 3.20. The van der Waals surface area contributed by atoms with Gasteiger partial charge in [-0.15, -0.1) is 11.8 Å². The van der Waals surface area contributed by atoms with Gasteiger partial charge in [0.25, 0.3) is 5.91 Å². The maximum atomic E-state index is 12.5. The quantitative estimate of drug-likeness (QED) is 0.442. The zero-order valence-electron chi connectivity index (χ0n) is 14.6. The highest BCUT2D eigenvalue weighted by Crippen LogP contribution is 2.25. The van der Waals surface area contributed by atoms with Gasteiger partial charge < -0.3 is 18.8 Å². The molecule has 0 saturated carbocycles. The van der Waals surface area contributed by atoms with Gasteiger partial charge in [-0.2, -0.15) is 0 Å². The van der Waals surface area contributed by atoms with Gasteiger partial charge in [-0.3, -0.25) is 4.79 Å². The molecule has 8 nitrogen and oxygen atoms in total. The second kappa shape index (κ2) is 8.33. The SMILES string of the molecule is CSc1nc(-c2ccco2)nc(C)c1C(=O)OCC(=O)N1CCOCC1. The number of ether oxygens (including phenoxy) is 2. The molecule has 0 aliphatic carbocycles. The summed E-state index contributed by atoms with van der Waals surface area (Å²) < 4.78 is 15.7. The van der Waals surface area contributed by atoms with Crippen molar-refractivity contribution in [1.29, 1.82) is 0 Å². The molecule has 2 aromatic rings. The Kier molecular flexibility index (Phi) is 5.89. The molecule has 0 atom stereocenters. The van der Waals surface area contributed by atoms with Gasteiger partial charge in [-0.05, 0) is 25.3 Å². The Morgan fingerprint density at radius 1 is 1.31 bits per heavy atom. The normalized spacial score (nSPS) is 14.3. The van der Waals surface area contributed by atoms with E-state index in [9.17, 15) is 9.59 Å². The molecule has 1 fully saturated rings. The van der Waals surface area contributed by atoms with Crippen molar-refractivity contribution >= 4 is 23.6 Å². The number of hydrogen-bond acceptors (Lipinski definition) is 8. The Hall–Kier alpha value is -2.39. The molecule has 9 heteroatoms. The molecule has 3 heterocycles. The van der Waals surface area contributed by atoms with E-state index in [1.54, 1.807) is 24.0 Å². The van der Waals surface area contributed by atoms with Crippen LogP contribution in [0.15, 0.2) is 27.8 Å². The van der Waals surface area contributed by atoms with Gasteiger partial charge in [0.15, 0.2) is 18.2 Å². The van der Waals surface area contributed by atoms with Gasteiger partial charge in [0.2, 0.25) is 0 Å². The van der Waals surface area contributed by atoms with Crippen LogP contribution < -0.4 is 0 Å². The molecule has 1 aliphatic heterocycles. The predicted octanol–water partition coefficient (Wildman–Crippen LogP) is 1.78. The average molecular weight is 377 g/mol. The number of hydrogen-bond donors (Lipinski definition) is 0. The fourth-order valence-corrected chi connectivity index (χ4v) is 3.16. The molecule has 138 valence electrons. The molecular formula is C17H19N3O5S. The Morgan fingerprint density at radius 2 is 2.08 bits per heavy atom. The van der Waals surface area contributed by atoms with E-state index in [4.69, 9.17) is 13.9 Å². The number of rotatable bonds is 5. The van der Waals surface area contributed by atoms with Crippen LogP contribution in [0.2, 0.25) is 0 Å². The highest BCUT2D eigenvalue weighted by molar-refractivity contribution is 7.98. The number of nitrogens with zero attached hydrogens (tertiary/aromatic N) is 3. The van der Waals surface area contributed by atoms with Gasteiger partial charge in [0.05, 0.1) is 25.2 Å². The van der Waals surface area contributed by atoms with Crippen molar-refractivity contribution in [3.63, 3.8) is 0 Å². The Balaban J connectivity index is 1.73. The number of carbonyl (C=O) groups excluding carboxylic acids is 2. The van der Waals surface area contributed by atoms with E-state index < -0.39 is 5.97 Å². The number of morpholine rings is 1. The zero-order chi connectivity index (χ0) is 18.5. The second-order valence-corrected chi connectivity index (χ2v) is 6.36. The van der Waals surface area contributed by atoms with Gasteiger partial charge >= 0.3 is 5.97 Å². The first kappa shape index (κ1) is 18.4. The summed E-state index contributed by atoms with van der Waals surface area (Å²) in [7, 11) is 0. The first-order valence-electron chi connectivity index (χ1n) is 8.09. The van der Waals surface area contributed by atoms with Crippen LogP contribution in [0.4, 0.5) is 0 Å². The number of amides is 1. The molecule has 0 N–H and O–H groups in total. The molecule has 26 heavy (non-hydrogen) atoms. The molecule has 1 amide bonds. The molecule has 1 saturated heterocycles. The highest BCUT2D eigenvalue weighted by Gasteiger charge is 2.23. The summed E-state index contributed by atoms with van der Waals surface area (Å²) in [4.78, 5) is 35.0. The number of aryl methyl sites for hydroxylation is 1. The lowest BCUT2D eigenvalue weighted by molar-refractivity contribution is -0.138. The third-order valence-corrected chi connectivity index (χ3v) is 4.57. The minimum atomic E-state index is -0.612. The van der Waals surface area contributed by atoms with E-state index in [-0.39, 0.29) is 18.1 Å². The van der Waals surface area contributed by atoms with Crippen LogP contribution in [-0.2, 0) is 14.3 Å². The fourth-order valence-electron chi connectivity index (χ4n) is 2.55. The molecular weight excluding hydrogens is 358 g/mol. The summed E-state index contributed by atoms with van der Waals surface area (Å²) in [6, 6.07) is 3.49. The first-order chi connectivity index (χ1) is 12.6. The van der Waals surface area contributed by atoms with Gasteiger partial charge in [-0.1, -0.05) is 0 Å². The van der Waals surface area contributed by atoms with Gasteiger partial charge in [-0.25, -0.2) is 14.8 Å². The topological polar surface area (TPSA) is 94.8 Å². The third-order valence-electron chi connectivity index (χ3n) is 3.89. The van der Waals surface area contributed by atoms with Crippen LogP contribution >= 0.6 is 11.8 Å². The minimum Gasteiger partial charge on any atom is -0.461 e. The lowest BCUT2D eigenvalue weighted by atomic mass is 10.2. The van der Waals surface area contributed by atoms with Crippen LogP contribution in [0.1, 0.15) is 16.1 Å². The molecule has 2 aromatic heterocycles. The number of aromatic nitrogens is 2. The number of carbonyl (C=O) groups is 2. The Morgan fingerprint density at radius 3 is 2.73 bits per heavy atom. The molecule has 0 spiro atoms. The molecule has 0 aromatic carbocycles. The van der Waals surface area contributed by atoms with Crippen molar-refractivity contribution in [2.45, 2.75) is 11.9 Å². The van der Waals surface area contributed by atoms with Crippen molar-refractivity contribution in [3.8, 4) is 11.6 Å². The molecule has 0 bridgehead atoms. The minimum absolute atomic E-state index is 0.238. The van der Waals surface area contributed by atoms with Gasteiger partial charge in [0.1, 0.15) is 10.6 Å². The van der Waals surface area contributed by atoms with E-state index in [1.165, 1.54) is 18.0 Å². The third kappa shape index (κ3) is 4.05. The maximum Gasteiger partial charge on any atom is 0.343 e. The summed E-state index contributed by atoms with van der Waals surface area (Å²) in [5.41, 5.74) is 0.738. The fraction of sp³-hybridized carbons (Fsp3) is 0.412. The standard InChI is InChI=1S/C17H19N3O5S/c1-11-14(16(26-2)19-15(18-11)12-4-3-7-24-12)17(22)25-10-13(21)20-5-8-23-9-6-20/h3-4,7H,5-6,8-10H2,1-2H3. The monoisotopic (exact) mass is 377 g/mol. The lowest BCUT2D eigenvalue weighted by Gasteiger charge is -2.26. The number of esters is 1. The molecule has 0 radical (unpaired) electrons. The van der Waals surface area contributed by atoms with Crippen molar-refractivity contribution in [2.75, 3.05) is 39.2 Å². The summed E-state index contributed by atoms with van der Waals surface area (Å²) >= 11 is 1.31. The Bertz CT molecular complexity index is 788. The van der Waals surface area contributed by atoms with E-state index in [2.05, 4.69) is 9.97 Å². The second-order valence-electron chi connectivity index (χ2n) is 5.56. The molecule has 0 unspecified atom stereocenters. The van der Waals surface area contributed by atoms with E-state index in [0.29, 0.717) is 48.6 Å². The summed E-state index contributed by atoms with van der Waals surface area (Å²) in [6.07, 6.45) is 3.34. The summed E-state index contributed by atoms with van der Waals surface area (Å²) in [6.45, 7) is 3.40. The van der Waals surface area contributed by atoms with Crippen LogP contribution in [0.25, 0.3) is 11.6 Å². The van der Waals surface area contributed by atoms with Crippen molar-refractivity contribution in [1.82, 2.24) is 14.9 Å². The highest BCUT2D eigenvalue weighted by atomic mass is 32.2.